The topological polar surface area (TPSA) is 63.1 Å². The lowest BCUT2D eigenvalue weighted by Crippen LogP contribution is -1.82. The van der Waals surface area contributed by atoms with Crippen molar-refractivity contribution in [3.05, 3.63) is 61.4 Å². The van der Waals surface area contributed by atoms with E-state index in [1.807, 2.05) is 36.4 Å². The summed E-state index contributed by atoms with van der Waals surface area (Å²) in [6.45, 7) is 2.96. The van der Waals surface area contributed by atoms with Gasteiger partial charge in [0.2, 0.25) is 0 Å². The zero-order valence-corrected chi connectivity index (χ0v) is 11.6. The summed E-state index contributed by atoms with van der Waals surface area (Å²) >= 11 is 0. The van der Waals surface area contributed by atoms with Crippen LogP contribution >= 0.6 is 21.6 Å². The Balaban J connectivity index is 0.000000312. The molecule has 0 spiro atoms. The summed E-state index contributed by atoms with van der Waals surface area (Å²) in [4.78, 5) is 17.7. The Morgan fingerprint density at radius 2 is 1.47 bits per heavy atom. The number of carbonyl (C=O) groups is 1. The second kappa shape index (κ2) is 9.18. The van der Waals surface area contributed by atoms with Gasteiger partial charge in [0.05, 0.1) is 0 Å². The van der Waals surface area contributed by atoms with Crippen LogP contribution in [0.15, 0.2) is 71.5 Å². The predicted molar refractivity (Wildman–Crippen MR) is 78.0 cm³/mol. The molecule has 6 heteroatoms. The third-order valence-electron chi connectivity index (χ3n) is 1.66. The fourth-order valence-corrected chi connectivity index (χ4v) is 2.63. The molecule has 0 saturated heterocycles. The number of hydrogen-bond acceptors (Lipinski definition) is 5. The first-order valence-electron chi connectivity index (χ1n) is 5.24. The summed E-state index contributed by atoms with van der Waals surface area (Å²) in [7, 11) is 3.23. The van der Waals surface area contributed by atoms with Gasteiger partial charge < -0.3 is 5.11 Å². The largest absolute Gasteiger partial charge is 0.478 e. The number of aliphatic carboxylic acids is 1. The molecule has 2 aromatic rings. The van der Waals surface area contributed by atoms with Crippen molar-refractivity contribution in [1.29, 1.82) is 0 Å². The van der Waals surface area contributed by atoms with Crippen LogP contribution in [0.2, 0.25) is 0 Å². The lowest BCUT2D eigenvalue weighted by Gasteiger charge is -1.97. The minimum absolute atomic E-state index is 0.833. The molecule has 0 aliphatic rings. The number of aromatic nitrogens is 2. The van der Waals surface area contributed by atoms with Crippen LogP contribution in [-0.4, -0.2) is 21.0 Å². The van der Waals surface area contributed by atoms with Gasteiger partial charge in [0.1, 0.15) is 10.1 Å². The number of rotatable bonds is 4. The van der Waals surface area contributed by atoms with Gasteiger partial charge in [-0.2, -0.15) is 0 Å². The van der Waals surface area contributed by atoms with E-state index in [-0.39, 0.29) is 0 Å². The molecule has 0 unspecified atom stereocenters. The third-order valence-corrected chi connectivity index (χ3v) is 3.84. The number of carboxylic acids is 1. The van der Waals surface area contributed by atoms with Crippen molar-refractivity contribution < 1.29 is 9.90 Å². The molecule has 0 aliphatic heterocycles. The van der Waals surface area contributed by atoms with Crippen LogP contribution in [0.3, 0.4) is 0 Å². The molecule has 1 N–H and O–H groups in total. The first-order chi connectivity index (χ1) is 9.22. The molecule has 2 heterocycles. The SMILES string of the molecule is C=CC(=O)O.c1ccc(SSc2ccccn2)nc1. The Morgan fingerprint density at radius 1 is 1.05 bits per heavy atom. The Kier molecular flexibility index (Phi) is 7.38. The summed E-state index contributed by atoms with van der Waals surface area (Å²) in [6, 6.07) is 11.8. The molecule has 0 aromatic carbocycles. The Labute approximate surface area is 119 Å². The van der Waals surface area contributed by atoms with Crippen LogP contribution < -0.4 is 0 Å². The van der Waals surface area contributed by atoms with E-state index in [4.69, 9.17) is 5.11 Å². The molecule has 0 bridgehead atoms. The van der Waals surface area contributed by atoms with E-state index in [0.717, 1.165) is 16.1 Å². The first-order valence-corrected chi connectivity index (χ1v) is 7.39. The Morgan fingerprint density at radius 3 is 1.74 bits per heavy atom. The molecule has 0 aliphatic carbocycles. The smallest absolute Gasteiger partial charge is 0.327 e. The van der Waals surface area contributed by atoms with E-state index in [2.05, 4.69) is 16.5 Å². The zero-order chi connectivity index (χ0) is 13.9. The van der Waals surface area contributed by atoms with Gasteiger partial charge in [-0.15, -0.1) is 0 Å². The van der Waals surface area contributed by atoms with Crippen molar-refractivity contribution in [2.24, 2.45) is 0 Å². The fraction of sp³-hybridized carbons (Fsp3) is 0. The van der Waals surface area contributed by atoms with Crippen LogP contribution in [0.25, 0.3) is 0 Å². The van der Waals surface area contributed by atoms with Crippen LogP contribution in [0, 0.1) is 0 Å². The molecule has 0 fully saturated rings. The second-order valence-corrected chi connectivity index (χ2v) is 5.21. The Bertz CT molecular complexity index is 467. The van der Waals surface area contributed by atoms with Gasteiger partial charge in [-0.3, -0.25) is 0 Å². The van der Waals surface area contributed by atoms with E-state index >= 15 is 0 Å². The minimum atomic E-state index is -0.981. The molecule has 2 rings (SSSR count). The van der Waals surface area contributed by atoms with Crippen LogP contribution in [-0.2, 0) is 4.79 Å². The number of pyridine rings is 2. The number of nitrogens with zero attached hydrogens (tertiary/aromatic N) is 2. The number of hydrogen-bond donors (Lipinski definition) is 1. The van der Waals surface area contributed by atoms with E-state index in [1.54, 1.807) is 34.0 Å². The van der Waals surface area contributed by atoms with E-state index < -0.39 is 5.97 Å². The molecule has 0 saturated carbocycles. The maximum absolute atomic E-state index is 9.25. The van der Waals surface area contributed by atoms with Gasteiger partial charge in [0.15, 0.2) is 0 Å². The normalized spacial score (nSPS) is 9.05. The highest BCUT2D eigenvalue weighted by Crippen LogP contribution is 2.34. The van der Waals surface area contributed by atoms with Crippen LogP contribution in [0.5, 0.6) is 0 Å². The summed E-state index contributed by atoms with van der Waals surface area (Å²) in [5.74, 6) is -0.981. The molecule has 0 radical (unpaired) electrons. The maximum atomic E-state index is 9.25. The molecule has 2 aromatic heterocycles. The summed E-state index contributed by atoms with van der Waals surface area (Å²) in [5.41, 5.74) is 0. The van der Waals surface area contributed by atoms with Gasteiger partial charge in [-0.25, -0.2) is 14.8 Å². The lowest BCUT2D eigenvalue weighted by molar-refractivity contribution is -0.131. The second-order valence-electron chi connectivity index (χ2n) is 3.04. The third kappa shape index (κ3) is 7.28. The van der Waals surface area contributed by atoms with Crippen LogP contribution in [0.4, 0.5) is 0 Å². The quantitative estimate of drug-likeness (QED) is 0.687. The monoisotopic (exact) mass is 292 g/mol. The van der Waals surface area contributed by atoms with Gasteiger partial charge in [-0.1, -0.05) is 18.7 Å². The van der Waals surface area contributed by atoms with Crippen molar-refractivity contribution in [3.8, 4) is 0 Å². The first kappa shape index (κ1) is 15.3. The standard InChI is InChI=1S/C10H8N2S2.C3H4O2/c1-3-7-11-9(5-1)13-14-10-6-2-4-8-12-10;1-2-3(4)5/h1-8H;2H,1H2,(H,4,5). The van der Waals surface area contributed by atoms with Gasteiger partial charge in [0.25, 0.3) is 0 Å². The summed E-state index contributed by atoms with van der Waals surface area (Å²) < 4.78 is 0. The molecular formula is C13H12N2O2S2. The van der Waals surface area contributed by atoms with Crippen molar-refractivity contribution in [3.63, 3.8) is 0 Å². The minimum Gasteiger partial charge on any atom is -0.478 e. The Hall–Kier alpha value is -1.79. The van der Waals surface area contributed by atoms with E-state index in [0.29, 0.717) is 0 Å². The highest BCUT2D eigenvalue weighted by molar-refractivity contribution is 8.76. The van der Waals surface area contributed by atoms with Gasteiger partial charge in [0, 0.05) is 18.5 Å². The fourth-order valence-electron chi connectivity index (χ4n) is 0.878. The summed E-state index contributed by atoms with van der Waals surface area (Å²) in [6.07, 6.45) is 4.42. The van der Waals surface area contributed by atoms with Gasteiger partial charge in [-0.05, 0) is 45.9 Å². The van der Waals surface area contributed by atoms with E-state index in [9.17, 15) is 4.79 Å². The summed E-state index contributed by atoms with van der Waals surface area (Å²) in [5, 5.41) is 9.61. The molecule has 0 atom stereocenters. The zero-order valence-electron chi connectivity index (χ0n) is 9.97. The molecular weight excluding hydrogens is 280 g/mol. The van der Waals surface area contributed by atoms with Crippen molar-refractivity contribution >= 4 is 27.6 Å². The maximum Gasteiger partial charge on any atom is 0.327 e. The van der Waals surface area contributed by atoms with Crippen LogP contribution in [0.1, 0.15) is 0 Å². The molecule has 0 amide bonds. The highest BCUT2D eigenvalue weighted by Gasteiger charge is 1.97. The average Bonchev–Trinajstić information content (AvgIpc) is 2.48. The van der Waals surface area contributed by atoms with E-state index in [1.165, 1.54) is 0 Å². The van der Waals surface area contributed by atoms with Crippen molar-refractivity contribution in [1.82, 2.24) is 9.97 Å². The van der Waals surface area contributed by atoms with Gasteiger partial charge >= 0.3 is 5.97 Å². The molecule has 19 heavy (non-hydrogen) atoms. The number of carboxylic acid groups (broad SMARTS) is 1. The van der Waals surface area contributed by atoms with Crippen molar-refractivity contribution in [2.45, 2.75) is 10.1 Å². The lowest BCUT2D eigenvalue weighted by atomic mass is 10.5. The molecule has 98 valence electrons. The average molecular weight is 292 g/mol. The van der Waals surface area contributed by atoms with Crippen molar-refractivity contribution in [2.75, 3.05) is 0 Å². The predicted octanol–water partition coefficient (Wildman–Crippen LogP) is 3.53. The highest BCUT2D eigenvalue weighted by atomic mass is 33.1. The molecule has 4 nitrogen and oxygen atoms in total.